The first-order valence-corrected chi connectivity index (χ1v) is 5.33. The molecule has 0 heterocycles. The summed E-state index contributed by atoms with van der Waals surface area (Å²) in [5.41, 5.74) is 4.08. The number of nitrogens with one attached hydrogen (secondary N) is 1. The van der Waals surface area contributed by atoms with Crippen molar-refractivity contribution in [3.05, 3.63) is 34.9 Å². The van der Waals surface area contributed by atoms with Crippen molar-refractivity contribution in [2.45, 2.75) is 46.7 Å². The molecule has 0 amide bonds. The number of hydrogen-bond acceptors (Lipinski definition) is 1. The first-order chi connectivity index (χ1) is 6.49. The van der Waals surface area contributed by atoms with E-state index in [1.54, 1.807) is 0 Å². The minimum absolute atomic E-state index is 0.439. The van der Waals surface area contributed by atoms with Crippen molar-refractivity contribution >= 4 is 0 Å². The monoisotopic (exact) mass is 191 g/mol. The second-order valence-corrected chi connectivity index (χ2v) is 4.46. The molecule has 1 N–H and O–H groups in total. The summed E-state index contributed by atoms with van der Waals surface area (Å²) in [5.74, 6) is 0. The highest BCUT2D eigenvalue weighted by molar-refractivity contribution is 5.30. The van der Waals surface area contributed by atoms with Crippen LogP contribution in [0, 0.1) is 13.8 Å². The Morgan fingerprint density at radius 3 is 1.86 bits per heavy atom. The molecule has 0 aliphatic carbocycles. The molecule has 1 rings (SSSR count). The van der Waals surface area contributed by atoms with E-state index in [4.69, 9.17) is 0 Å². The van der Waals surface area contributed by atoms with E-state index in [2.05, 4.69) is 58.1 Å². The van der Waals surface area contributed by atoms with Crippen molar-refractivity contribution in [3.8, 4) is 0 Å². The summed E-state index contributed by atoms with van der Waals surface area (Å²) in [6.45, 7) is 10.9. The molecule has 14 heavy (non-hydrogen) atoms. The Balaban J connectivity index is 2.84. The van der Waals surface area contributed by atoms with Gasteiger partial charge in [-0.3, -0.25) is 0 Å². The first kappa shape index (κ1) is 11.3. The van der Waals surface area contributed by atoms with E-state index in [0.717, 1.165) is 0 Å². The molecule has 0 fully saturated rings. The maximum absolute atomic E-state index is 3.51. The molecule has 0 radical (unpaired) electrons. The normalized spacial score (nSPS) is 13.3. The molecular formula is C13H21N. The van der Waals surface area contributed by atoms with Crippen LogP contribution in [0.5, 0.6) is 0 Å². The van der Waals surface area contributed by atoms with Gasteiger partial charge in [0.2, 0.25) is 0 Å². The molecule has 0 spiro atoms. The van der Waals surface area contributed by atoms with Crippen LogP contribution in [-0.4, -0.2) is 6.04 Å². The van der Waals surface area contributed by atoms with Gasteiger partial charge in [-0.15, -0.1) is 0 Å². The van der Waals surface area contributed by atoms with Gasteiger partial charge in [-0.05, 0) is 26.3 Å². The highest BCUT2D eigenvalue weighted by Crippen LogP contribution is 2.16. The van der Waals surface area contributed by atoms with Gasteiger partial charge in [0.05, 0.1) is 0 Å². The van der Waals surface area contributed by atoms with Crippen LogP contribution in [0.4, 0.5) is 0 Å². The zero-order valence-electron chi connectivity index (χ0n) is 9.89. The number of rotatable bonds is 3. The lowest BCUT2D eigenvalue weighted by Gasteiger charge is -2.18. The standard InChI is InChI=1S/C13H21N/c1-9(2)14-12(5)13-7-10(3)6-11(4)8-13/h6-9,12,14H,1-5H3. The Kier molecular flexibility index (Phi) is 3.70. The molecule has 1 atom stereocenters. The number of benzene rings is 1. The lowest BCUT2D eigenvalue weighted by molar-refractivity contribution is 0.506. The number of aryl methyl sites for hydroxylation is 2. The maximum atomic E-state index is 3.51. The van der Waals surface area contributed by atoms with Gasteiger partial charge >= 0.3 is 0 Å². The fraction of sp³-hybridized carbons (Fsp3) is 0.538. The summed E-state index contributed by atoms with van der Waals surface area (Å²) in [4.78, 5) is 0. The fourth-order valence-electron chi connectivity index (χ4n) is 1.86. The van der Waals surface area contributed by atoms with E-state index in [1.807, 2.05) is 0 Å². The van der Waals surface area contributed by atoms with Crippen LogP contribution in [0.25, 0.3) is 0 Å². The summed E-state index contributed by atoms with van der Waals surface area (Å²) in [7, 11) is 0. The second-order valence-electron chi connectivity index (χ2n) is 4.46. The van der Waals surface area contributed by atoms with E-state index in [1.165, 1.54) is 16.7 Å². The molecule has 1 unspecified atom stereocenters. The summed E-state index contributed by atoms with van der Waals surface area (Å²) >= 11 is 0. The molecule has 1 nitrogen and oxygen atoms in total. The van der Waals surface area contributed by atoms with Crippen molar-refractivity contribution in [1.29, 1.82) is 0 Å². The minimum Gasteiger partial charge on any atom is -0.308 e. The average molecular weight is 191 g/mol. The van der Waals surface area contributed by atoms with Crippen molar-refractivity contribution in [2.75, 3.05) is 0 Å². The first-order valence-electron chi connectivity index (χ1n) is 5.33. The third-order valence-corrected chi connectivity index (χ3v) is 2.33. The molecular weight excluding hydrogens is 170 g/mol. The lowest BCUT2D eigenvalue weighted by Crippen LogP contribution is -2.26. The van der Waals surface area contributed by atoms with Crippen molar-refractivity contribution in [2.24, 2.45) is 0 Å². The van der Waals surface area contributed by atoms with Gasteiger partial charge in [0, 0.05) is 12.1 Å². The molecule has 0 aliphatic rings. The molecule has 1 heteroatoms. The highest BCUT2D eigenvalue weighted by Gasteiger charge is 2.06. The van der Waals surface area contributed by atoms with Crippen LogP contribution in [0.15, 0.2) is 18.2 Å². The maximum Gasteiger partial charge on any atom is 0.0294 e. The van der Waals surface area contributed by atoms with Gasteiger partial charge in [0.25, 0.3) is 0 Å². The van der Waals surface area contributed by atoms with Crippen molar-refractivity contribution in [1.82, 2.24) is 5.32 Å². The van der Waals surface area contributed by atoms with Crippen LogP contribution in [0.2, 0.25) is 0 Å². The summed E-state index contributed by atoms with van der Waals surface area (Å²) in [6.07, 6.45) is 0. The van der Waals surface area contributed by atoms with Crippen molar-refractivity contribution in [3.63, 3.8) is 0 Å². The molecule has 0 bridgehead atoms. The van der Waals surface area contributed by atoms with E-state index < -0.39 is 0 Å². The van der Waals surface area contributed by atoms with Gasteiger partial charge in [0.15, 0.2) is 0 Å². The Morgan fingerprint density at radius 1 is 0.929 bits per heavy atom. The topological polar surface area (TPSA) is 12.0 Å². The van der Waals surface area contributed by atoms with Crippen LogP contribution in [0.1, 0.15) is 43.5 Å². The molecule has 1 aromatic carbocycles. The third kappa shape index (κ3) is 3.15. The molecule has 0 saturated heterocycles. The van der Waals surface area contributed by atoms with Crippen LogP contribution >= 0.6 is 0 Å². The molecule has 78 valence electrons. The Labute approximate surface area is 87.5 Å². The molecule has 0 aromatic heterocycles. The molecule has 1 aromatic rings. The Bertz CT molecular complexity index is 282. The lowest BCUT2D eigenvalue weighted by atomic mass is 10.0. The summed E-state index contributed by atoms with van der Waals surface area (Å²) < 4.78 is 0. The Morgan fingerprint density at radius 2 is 1.43 bits per heavy atom. The SMILES string of the molecule is Cc1cc(C)cc(C(C)NC(C)C)c1. The van der Waals surface area contributed by atoms with Gasteiger partial charge in [-0.25, -0.2) is 0 Å². The van der Waals surface area contributed by atoms with E-state index in [0.29, 0.717) is 12.1 Å². The van der Waals surface area contributed by atoms with Crippen LogP contribution in [0.3, 0.4) is 0 Å². The second kappa shape index (κ2) is 4.61. The number of hydrogen-bond donors (Lipinski definition) is 1. The van der Waals surface area contributed by atoms with Gasteiger partial charge < -0.3 is 5.32 Å². The Hall–Kier alpha value is -0.820. The quantitative estimate of drug-likeness (QED) is 0.772. The predicted octanol–water partition coefficient (Wildman–Crippen LogP) is 3.36. The summed E-state index contributed by atoms with van der Waals surface area (Å²) in [6, 6.07) is 7.70. The zero-order valence-corrected chi connectivity index (χ0v) is 9.89. The van der Waals surface area contributed by atoms with E-state index in [9.17, 15) is 0 Å². The minimum atomic E-state index is 0.439. The van der Waals surface area contributed by atoms with Gasteiger partial charge in [-0.2, -0.15) is 0 Å². The molecule has 0 aliphatic heterocycles. The van der Waals surface area contributed by atoms with E-state index >= 15 is 0 Å². The van der Waals surface area contributed by atoms with Crippen molar-refractivity contribution < 1.29 is 0 Å². The van der Waals surface area contributed by atoms with Crippen LogP contribution < -0.4 is 5.32 Å². The fourth-order valence-corrected chi connectivity index (χ4v) is 1.86. The van der Waals surface area contributed by atoms with Gasteiger partial charge in [-0.1, -0.05) is 43.2 Å². The largest absolute Gasteiger partial charge is 0.308 e. The smallest absolute Gasteiger partial charge is 0.0294 e. The average Bonchev–Trinajstić information content (AvgIpc) is 2.00. The third-order valence-electron chi connectivity index (χ3n) is 2.33. The van der Waals surface area contributed by atoms with E-state index in [-0.39, 0.29) is 0 Å². The van der Waals surface area contributed by atoms with Gasteiger partial charge in [0.1, 0.15) is 0 Å². The molecule has 0 saturated carbocycles. The zero-order chi connectivity index (χ0) is 10.7. The summed E-state index contributed by atoms with van der Waals surface area (Å²) in [5, 5.41) is 3.51. The highest BCUT2D eigenvalue weighted by atomic mass is 14.9. The predicted molar refractivity (Wildman–Crippen MR) is 62.6 cm³/mol. The van der Waals surface area contributed by atoms with Crippen LogP contribution in [-0.2, 0) is 0 Å².